The number of hydrogen-bond acceptors (Lipinski definition) is 4. The summed E-state index contributed by atoms with van der Waals surface area (Å²) < 4.78 is 1.74. The Kier molecular flexibility index (Phi) is 9.28. The summed E-state index contributed by atoms with van der Waals surface area (Å²) in [7, 11) is 0. The van der Waals surface area contributed by atoms with Crippen LogP contribution in [0.3, 0.4) is 0 Å². The summed E-state index contributed by atoms with van der Waals surface area (Å²) in [5, 5.41) is 0. The molecule has 0 saturated heterocycles. The van der Waals surface area contributed by atoms with E-state index in [4.69, 9.17) is 0 Å². The Bertz CT molecular complexity index is 796. The Hall–Kier alpha value is 0.520. The predicted molar refractivity (Wildman–Crippen MR) is 122 cm³/mol. The van der Waals surface area contributed by atoms with Gasteiger partial charge in [0.05, 0.1) is 26.9 Å². The van der Waals surface area contributed by atoms with Crippen LogP contribution >= 0.6 is 95.6 Å². The van der Waals surface area contributed by atoms with Gasteiger partial charge in [0, 0.05) is 11.1 Å². The molecule has 2 aliphatic rings. The van der Waals surface area contributed by atoms with Gasteiger partial charge in [-0.25, -0.2) is 0 Å². The molecule has 2 rings (SSSR count). The summed E-state index contributed by atoms with van der Waals surface area (Å²) in [5.74, 6) is -0.674. The van der Waals surface area contributed by atoms with Crippen LogP contribution in [0.1, 0.15) is 20.8 Å². The van der Waals surface area contributed by atoms with Gasteiger partial charge in [0.2, 0.25) is 11.6 Å². The third-order valence-corrected chi connectivity index (χ3v) is 9.14. The van der Waals surface area contributed by atoms with Gasteiger partial charge in [-0.1, -0.05) is 13.8 Å². The molecule has 0 aromatic carbocycles. The molecule has 0 heterocycles. The third-order valence-electron chi connectivity index (χ3n) is 3.31. The Morgan fingerprint density at radius 2 is 0.885 bits per heavy atom. The first-order valence-corrected chi connectivity index (χ1v) is 11.7. The SMILES string of the molecule is CC1=C(Br)C(=O)C(C(C)C)=C(Br)C1=O.O=C1C(Br)=C(Br)C(=O)C(Br)=C1Br. The van der Waals surface area contributed by atoms with Crippen LogP contribution in [-0.4, -0.2) is 23.1 Å². The van der Waals surface area contributed by atoms with Crippen molar-refractivity contribution in [1.82, 2.24) is 0 Å². The van der Waals surface area contributed by atoms with E-state index in [0.29, 0.717) is 20.1 Å². The molecule has 4 nitrogen and oxygen atoms in total. The van der Waals surface area contributed by atoms with Gasteiger partial charge in [0.25, 0.3) is 0 Å². The van der Waals surface area contributed by atoms with Crippen LogP contribution in [0.5, 0.6) is 0 Å². The maximum Gasteiger partial charge on any atom is 0.209 e. The van der Waals surface area contributed by atoms with E-state index >= 15 is 0 Å². The molecule has 0 aromatic heterocycles. The second kappa shape index (κ2) is 9.82. The predicted octanol–water partition coefficient (Wildman–Crippen LogP) is 6.25. The molecule has 0 fully saturated rings. The highest BCUT2D eigenvalue weighted by Gasteiger charge is 2.31. The minimum atomic E-state index is -0.256. The lowest BCUT2D eigenvalue weighted by Crippen LogP contribution is -2.21. The van der Waals surface area contributed by atoms with Crippen molar-refractivity contribution >= 4 is 119 Å². The molecule has 0 bridgehead atoms. The van der Waals surface area contributed by atoms with Gasteiger partial charge < -0.3 is 0 Å². The maximum atomic E-state index is 11.8. The first kappa shape index (κ1) is 24.6. The van der Waals surface area contributed by atoms with E-state index in [1.807, 2.05) is 13.8 Å². The molecule has 2 aliphatic carbocycles. The van der Waals surface area contributed by atoms with Crippen molar-refractivity contribution in [3.05, 3.63) is 38.0 Å². The van der Waals surface area contributed by atoms with Gasteiger partial charge in [0.1, 0.15) is 0 Å². The van der Waals surface area contributed by atoms with E-state index in [1.165, 1.54) is 0 Å². The summed E-state index contributed by atoms with van der Waals surface area (Å²) in [4.78, 5) is 46.0. The first-order chi connectivity index (χ1) is 11.8. The van der Waals surface area contributed by atoms with Crippen molar-refractivity contribution in [3.8, 4) is 0 Å². The number of hydrogen-bond donors (Lipinski definition) is 0. The average molecular weight is 746 g/mol. The highest BCUT2D eigenvalue weighted by atomic mass is 79.9. The van der Waals surface area contributed by atoms with Crippen molar-refractivity contribution in [2.75, 3.05) is 0 Å². The Labute approximate surface area is 200 Å². The zero-order chi connectivity index (χ0) is 20.5. The van der Waals surface area contributed by atoms with E-state index in [9.17, 15) is 19.2 Å². The van der Waals surface area contributed by atoms with E-state index in [1.54, 1.807) is 6.92 Å². The molecule has 0 saturated carbocycles. The number of halogens is 6. The first-order valence-electron chi connectivity index (χ1n) is 6.89. The van der Waals surface area contributed by atoms with Gasteiger partial charge in [-0.15, -0.1) is 0 Å². The van der Waals surface area contributed by atoms with Gasteiger partial charge in [-0.3, -0.25) is 19.2 Å². The molecule has 0 aliphatic heterocycles. The Balaban J connectivity index is 0.000000263. The highest BCUT2D eigenvalue weighted by Crippen LogP contribution is 2.36. The molecule has 140 valence electrons. The number of allylic oxidation sites excluding steroid dienone is 8. The quantitative estimate of drug-likeness (QED) is 0.298. The van der Waals surface area contributed by atoms with Crippen LogP contribution < -0.4 is 0 Å². The van der Waals surface area contributed by atoms with Crippen molar-refractivity contribution in [1.29, 1.82) is 0 Å². The maximum absolute atomic E-state index is 11.8. The average Bonchev–Trinajstić information content (AvgIpc) is 2.60. The summed E-state index contributed by atoms with van der Waals surface area (Å²) in [6.45, 7) is 5.42. The van der Waals surface area contributed by atoms with E-state index in [-0.39, 0.29) is 47.0 Å². The van der Waals surface area contributed by atoms with Crippen molar-refractivity contribution in [2.24, 2.45) is 5.92 Å². The Morgan fingerprint density at radius 1 is 0.538 bits per heavy atom. The van der Waals surface area contributed by atoms with Crippen LogP contribution in [-0.2, 0) is 19.2 Å². The molecule has 10 heteroatoms. The fraction of sp³-hybridized carbons (Fsp3) is 0.250. The molecule has 0 atom stereocenters. The van der Waals surface area contributed by atoms with E-state index < -0.39 is 0 Å². The summed E-state index contributed by atoms with van der Waals surface area (Å²) in [6.07, 6.45) is 0. The number of carbonyl (C=O) groups excluding carboxylic acids is 4. The van der Waals surface area contributed by atoms with Crippen LogP contribution in [0.25, 0.3) is 0 Å². The van der Waals surface area contributed by atoms with Crippen molar-refractivity contribution in [3.63, 3.8) is 0 Å². The molecule has 0 N–H and O–H groups in total. The minimum Gasteiger partial charge on any atom is -0.288 e. The molecule has 0 amide bonds. The lowest BCUT2D eigenvalue weighted by Gasteiger charge is -2.18. The number of Topliss-reactive ketones (excluding diaryl/α,β-unsaturated/α-hetero) is 4. The van der Waals surface area contributed by atoms with Crippen LogP contribution in [0.15, 0.2) is 38.0 Å². The monoisotopic (exact) mass is 740 g/mol. The number of rotatable bonds is 1. The fourth-order valence-corrected chi connectivity index (χ4v) is 5.26. The molecular weight excluding hydrogens is 736 g/mol. The Morgan fingerprint density at radius 3 is 1.19 bits per heavy atom. The molecule has 0 spiro atoms. The lowest BCUT2D eigenvalue weighted by atomic mass is 9.91. The number of ketones is 4. The summed E-state index contributed by atoms with van der Waals surface area (Å²) in [5.41, 5.74) is 1.01. The largest absolute Gasteiger partial charge is 0.288 e. The van der Waals surface area contributed by atoms with E-state index in [0.717, 1.165) is 0 Å². The second-order valence-corrected chi connectivity index (χ2v) is 10.2. The van der Waals surface area contributed by atoms with E-state index in [2.05, 4.69) is 95.6 Å². The normalized spacial score (nSPS) is 19.0. The van der Waals surface area contributed by atoms with Gasteiger partial charge in [0.15, 0.2) is 11.6 Å². The minimum absolute atomic E-state index is 0.0430. The molecule has 0 aromatic rings. The van der Waals surface area contributed by atoms with Crippen molar-refractivity contribution < 1.29 is 19.2 Å². The van der Waals surface area contributed by atoms with Crippen molar-refractivity contribution in [2.45, 2.75) is 20.8 Å². The van der Waals surface area contributed by atoms with Gasteiger partial charge in [-0.05, 0) is 108 Å². The summed E-state index contributed by atoms with van der Waals surface area (Å²) >= 11 is 18.4. The van der Waals surface area contributed by atoms with Gasteiger partial charge >= 0.3 is 0 Å². The zero-order valence-electron chi connectivity index (χ0n) is 13.5. The zero-order valence-corrected chi connectivity index (χ0v) is 23.0. The second-order valence-electron chi connectivity index (χ2n) is 5.39. The smallest absolute Gasteiger partial charge is 0.209 e. The summed E-state index contributed by atoms with van der Waals surface area (Å²) in [6, 6.07) is 0. The lowest BCUT2D eigenvalue weighted by molar-refractivity contribution is -0.115. The van der Waals surface area contributed by atoms with Crippen LogP contribution in [0.2, 0.25) is 0 Å². The van der Waals surface area contributed by atoms with Crippen LogP contribution in [0.4, 0.5) is 0 Å². The topological polar surface area (TPSA) is 68.3 Å². The molecular formula is C16H10Br6O4. The molecule has 0 radical (unpaired) electrons. The number of carbonyl (C=O) groups is 4. The van der Waals surface area contributed by atoms with Crippen LogP contribution in [0, 0.1) is 5.92 Å². The fourth-order valence-electron chi connectivity index (χ4n) is 1.88. The third kappa shape index (κ3) is 4.92. The standard InChI is InChI=1S/C10H10Br2O2.C6Br4O2/c1-4(2)6-8(12)9(13)5(3)7(11)10(6)14;7-1-2(8)6(12)4(10)3(9)5(1)11/h4H,1-3H3;. The van der Waals surface area contributed by atoms with Gasteiger partial charge in [-0.2, -0.15) is 0 Å². The molecule has 26 heavy (non-hydrogen) atoms. The molecule has 0 unspecified atom stereocenters. The highest BCUT2D eigenvalue weighted by molar-refractivity contribution is 9.16.